The summed E-state index contributed by atoms with van der Waals surface area (Å²) in [6, 6.07) is 5.79. The number of hydrogen-bond acceptors (Lipinski definition) is 3. The number of amides is 1. The van der Waals surface area contributed by atoms with Crippen LogP contribution in [0.15, 0.2) is 23.2 Å². The van der Waals surface area contributed by atoms with Gasteiger partial charge in [0, 0.05) is 24.1 Å². The molecule has 1 aliphatic rings. The number of hydrogen-bond donors (Lipinski definition) is 0. The smallest absolute Gasteiger partial charge is 0.433 e. The van der Waals surface area contributed by atoms with E-state index in [1.165, 1.54) is 0 Å². The van der Waals surface area contributed by atoms with Gasteiger partial charge < -0.3 is 4.74 Å². The number of aryl methyl sites for hydroxylation is 1. The molecule has 0 spiro atoms. The summed E-state index contributed by atoms with van der Waals surface area (Å²) in [5.74, 6) is 0.150. The molecule has 0 unspecified atom stereocenters. The first-order chi connectivity index (χ1) is 9.76. The van der Waals surface area contributed by atoms with Crippen molar-refractivity contribution in [1.82, 2.24) is 0 Å². The van der Waals surface area contributed by atoms with Gasteiger partial charge in [0.05, 0.1) is 0 Å². The van der Waals surface area contributed by atoms with E-state index in [0.29, 0.717) is 12.8 Å². The zero-order valence-electron chi connectivity index (χ0n) is 13.0. The molecule has 0 bridgehead atoms. The fourth-order valence-corrected chi connectivity index (χ4v) is 2.41. The largest absolute Gasteiger partial charge is 0.442 e. The molecule has 0 aromatic heterocycles. The number of carbonyl (C=O) groups excluding carboxylic acids is 2. The van der Waals surface area contributed by atoms with E-state index in [1.807, 2.05) is 25.1 Å². The highest BCUT2D eigenvalue weighted by atomic mass is 16.6. The first-order valence-corrected chi connectivity index (χ1v) is 7.17. The van der Waals surface area contributed by atoms with Crippen molar-refractivity contribution in [1.29, 1.82) is 0 Å². The predicted octanol–water partition coefficient (Wildman–Crippen LogP) is 4.06. The van der Waals surface area contributed by atoms with E-state index >= 15 is 0 Å². The third-order valence-electron chi connectivity index (χ3n) is 3.34. The van der Waals surface area contributed by atoms with Crippen LogP contribution in [0, 0.1) is 6.92 Å². The molecular formula is C17H21NO3. The lowest BCUT2D eigenvalue weighted by Gasteiger charge is -2.22. The highest BCUT2D eigenvalue weighted by Gasteiger charge is 2.25. The van der Waals surface area contributed by atoms with Crippen molar-refractivity contribution in [3.8, 4) is 0 Å². The lowest BCUT2D eigenvalue weighted by atomic mass is 9.82. The van der Waals surface area contributed by atoms with E-state index in [4.69, 9.17) is 4.74 Å². The lowest BCUT2D eigenvalue weighted by Crippen LogP contribution is -2.22. The maximum absolute atomic E-state index is 11.9. The Morgan fingerprint density at radius 3 is 2.76 bits per heavy atom. The lowest BCUT2D eigenvalue weighted by molar-refractivity contribution is 0.0604. The van der Waals surface area contributed by atoms with E-state index in [1.54, 1.807) is 27.0 Å². The molecule has 112 valence electrons. The standard InChI is InChI=1S/C17H21NO3/c1-11-5-7-13-14(9-11)12(6-8-15(13)19)10-18-16(20)21-17(2,3)4/h5,7,9-10,12H,6,8H2,1-4H3/t12-/m1/s1. The van der Waals surface area contributed by atoms with Crippen molar-refractivity contribution in [2.24, 2.45) is 4.99 Å². The minimum Gasteiger partial charge on any atom is -0.442 e. The van der Waals surface area contributed by atoms with Crippen LogP contribution < -0.4 is 0 Å². The molecule has 1 amide bonds. The van der Waals surface area contributed by atoms with Gasteiger partial charge in [0.1, 0.15) is 5.60 Å². The minimum atomic E-state index is -0.589. The Bertz CT molecular complexity index is 597. The maximum atomic E-state index is 11.9. The van der Waals surface area contributed by atoms with Crippen LogP contribution in [0.2, 0.25) is 0 Å². The fraction of sp³-hybridized carbons (Fsp3) is 0.471. The summed E-state index contributed by atoms with van der Waals surface area (Å²) in [6.07, 6.45) is 2.19. The number of benzene rings is 1. The number of Topliss-reactive ketones (excluding diaryl/α,β-unsaturated/α-hetero) is 1. The average Bonchev–Trinajstić information content (AvgIpc) is 2.35. The van der Waals surface area contributed by atoms with Gasteiger partial charge in [0.2, 0.25) is 0 Å². The zero-order valence-corrected chi connectivity index (χ0v) is 13.0. The van der Waals surface area contributed by atoms with Gasteiger partial charge in [-0.1, -0.05) is 23.8 Å². The van der Waals surface area contributed by atoms with Gasteiger partial charge >= 0.3 is 6.09 Å². The Kier molecular flexibility index (Phi) is 4.26. The second kappa shape index (κ2) is 5.80. The zero-order chi connectivity index (χ0) is 15.6. The van der Waals surface area contributed by atoms with E-state index in [0.717, 1.165) is 16.7 Å². The van der Waals surface area contributed by atoms with Crippen LogP contribution >= 0.6 is 0 Å². The number of fused-ring (bicyclic) bond motifs is 1. The Hall–Kier alpha value is -1.97. The first kappa shape index (κ1) is 15.4. The number of ketones is 1. The van der Waals surface area contributed by atoms with Gasteiger partial charge in [-0.2, -0.15) is 4.99 Å². The van der Waals surface area contributed by atoms with Crippen molar-refractivity contribution in [2.45, 2.75) is 52.1 Å². The molecule has 0 radical (unpaired) electrons. The second-order valence-corrected chi connectivity index (χ2v) is 6.42. The van der Waals surface area contributed by atoms with Crippen molar-refractivity contribution >= 4 is 18.1 Å². The van der Waals surface area contributed by atoms with E-state index in [9.17, 15) is 9.59 Å². The predicted molar refractivity (Wildman–Crippen MR) is 82.2 cm³/mol. The molecule has 4 nitrogen and oxygen atoms in total. The van der Waals surface area contributed by atoms with Crippen molar-refractivity contribution < 1.29 is 14.3 Å². The molecular weight excluding hydrogens is 266 g/mol. The van der Waals surface area contributed by atoms with Gasteiger partial charge in [-0.25, -0.2) is 4.79 Å². The van der Waals surface area contributed by atoms with Crippen molar-refractivity contribution in [3.63, 3.8) is 0 Å². The molecule has 1 aromatic rings. The normalized spacial score (nSPS) is 18.7. The number of aliphatic imine (C=N–C) groups is 1. The van der Waals surface area contributed by atoms with Crippen LogP contribution in [0.4, 0.5) is 4.79 Å². The minimum absolute atomic E-state index is 0.00915. The van der Waals surface area contributed by atoms with Crippen LogP contribution in [0.25, 0.3) is 0 Å². The summed E-state index contributed by atoms with van der Waals surface area (Å²) in [7, 11) is 0. The Labute approximate surface area is 125 Å². The van der Waals surface area contributed by atoms with E-state index in [2.05, 4.69) is 4.99 Å². The summed E-state index contributed by atoms with van der Waals surface area (Å²) < 4.78 is 5.16. The topological polar surface area (TPSA) is 55.7 Å². The maximum Gasteiger partial charge on any atom is 0.433 e. The molecule has 0 saturated carbocycles. The van der Waals surface area contributed by atoms with Gasteiger partial charge in [-0.15, -0.1) is 0 Å². The monoisotopic (exact) mass is 287 g/mol. The number of ether oxygens (including phenoxy) is 1. The van der Waals surface area contributed by atoms with Crippen LogP contribution in [0.5, 0.6) is 0 Å². The summed E-state index contributed by atoms with van der Waals surface area (Å²) in [6.45, 7) is 7.40. The third kappa shape index (κ3) is 4.00. The fourth-order valence-electron chi connectivity index (χ4n) is 2.41. The van der Waals surface area contributed by atoms with Gasteiger partial charge in [-0.05, 0) is 39.7 Å². The summed E-state index contributed by atoms with van der Waals surface area (Å²) in [5, 5.41) is 0. The molecule has 1 aliphatic carbocycles. The Balaban J connectivity index is 2.19. The van der Waals surface area contributed by atoms with Crippen LogP contribution in [0.1, 0.15) is 61.0 Å². The molecule has 0 heterocycles. The number of nitrogens with zero attached hydrogens (tertiary/aromatic N) is 1. The molecule has 21 heavy (non-hydrogen) atoms. The highest BCUT2D eigenvalue weighted by molar-refractivity contribution is 6.00. The first-order valence-electron chi connectivity index (χ1n) is 7.17. The van der Waals surface area contributed by atoms with E-state index < -0.39 is 11.7 Å². The SMILES string of the molecule is Cc1ccc2c(c1)[C@@H](C=NC(=O)OC(C)(C)C)CCC2=O. The third-order valence-corrected chi connectivity index (χ3v) is 3.34. The quantitative estimate of drug-likeness (QED) is 0.732. The molecule has 2 rings (SSSR count). The number of carbonyl (C=O) groups is 2. The van der Waals surface area contributed by atoms with Gasteiger partial charge in [-0.3, -0.25) is 4.79 Å². The molecule has 0 N–H and O–H groups in total. The molecule has 4 heteroatoms. The van der Waals surface area contributed by atoms with Crippen LogP contribution in [0.3, 0.4) is 0 Å². The average molecular weight is 287 g/mol. The molecule has 1 atom stereocenters. The molecule has 1 aromatic carbocycles. The molecule has 0 saturated heterocycles. The number of rotatable bonds is 1. The van der Waals surface area contributed by atoms with Gasteiger partial charge in [0.15, 0.2) is 5.78 Å². The molecule has 0 aliphatic heterocycles. The summed E-state index contributed by atoms with van der Waals surface area (Å²) in [5.41, 5.74) is 2.25. The van der Waals surface area contributed by atoms with Crippen LogP contribution in [-0.4, -0.2) is 23.7 Å². The summed E-state index contributed by atoms with van der Waals surface area (Å²) in [4.78, 5) is 27.5. The van der Waals surface area contributed by atoms with Gasteiger partial charge in [0.25, 0.3) is 0 Å². The Morgan fingerprint density at radius 1 is 1.38 bits per heavy atom. The van der Waals surface area contributed by atoms with Crippen molar-refractivity contribution in [2.75, 3.05) is 0 Å². The highest BCUT2D eigenvalue weighted by Crippen LogP contribution is 2.31. The van der Waals surface area contributed by atoms with Crippen molar-refractivity contribution in [3.05, 3.63) is 34.9 Å². The van der Waals surface area contributed by atoms with E-state index in [-0.39, 0.29) is 11.7 Å². The summed E-state index contributed by atoms with van der Waals surface area (Å²) >= 11 is 0. The second-order valence-electron chi connectivity index (χ2n) is 6.42. The Morgan fingerprint density at radius 2 is 2.10 bits per heavy atom. The van der Waals surface area contributed by atoms with Crippen LogP contribution in [-0.2, 0) is 4.74 Å². The molecule has 0 fully saturated rings.